The topological polar surface area (TPSA) is 58.4 Å². The fraction of sp³-hybridized carbons (Fsp3) is 0.917. The van der Waals surface area contributed by atoms with E-state index in [1.54, 1.807) is 6.92 Å². The van der Waals surface area contributed by atoms with Crippen LogP contribution in [0.1, 0.15) is 40.5 Å². The lowest BCUT2D eigenvalue weighted by molar-refractivity contribution is -0.126. The van der Waals surface area contributed by atoms with E-state index < -0.39 is 5.54 Å². The number of nitrogens with two attached hydrogens (primary N) is 1. The SMILES string of the molecule is CCCC(C)(N)C(=O)NCCN(C)C(C)C.Cl. The number of hydrogen-bond donors (Lipinski definition) is 2. The standard InChI is InChI=1S/C12H27N3O.ClH/c1-6-7-12(4,13)11(16)14-8-9-15(5)10(2)3;/h10H,6-9,13H2,1-5H3,(H,14,16);1H. The van der Waals surface area contributed by atoms with Gasteiger partial charge in [0.2, 0.25) is 5.91 Å². The molecule has 0 spiro atoms. The Hall–Kier alpha value is -0.320. The van der Waals surface area contributed by atoms with Gasteiger partial charge >= 0.3 is 0 Å². The van der Waals surface area contributed by atoms with Gasteiger partial charge in [0.1, 0.15) is 0 Å². The van der Waals surface area contributed by atoms with E-state index in [0.717, 1.165) is 19.4 Å². The van der Waals surface area contributed by atoms with E-state index in [-0.39, 0.29) is 18.3 Å². The predicted molar refractivity (Wildman–Crippen MR) is 75.5 cm³/mol. The van der Waals surface area contributed by atoms with Crippen LogP contribution in [0.4, 0.5) is 0 Å². The summed E-state index contributed by atoms with van der Waals surface area (Å²) in [5, 5.41) is 2.89. The first-order chi connectivity index (χ1) is 7.31. The molecule has 0 aromatic carbocycles. The Bertz CT molecular complexity index is 220. The van der Waals surface area contributed by atoms with Crippen LogP contribution in [0.5, 0.6) is 0 Å². The fourth-order valence-corrected chi connectivity index (χ4v) is 1.44. The van der Waals surface area contributed by atoms with Gasteiger partial charge in [0, 0.05) is 19.1 Å². The van der Waals surface area contributed by atoms with E-state index >= 15 is 0 Å². The Morgan fingerprint density at radius 2 is 2.00 bits per heavy atom. The number of carbonyl (C=O) groups excluding carboxylic acids is 1. The molecule has 0 aliphatic heterocycles. The van der Waals surface area contributed by atoms with Crippen molar-refractivity contribution in [3.05, 3.63) is 0 Å². The number of halogens is 1. The first kappa shape index (κ1) is 19.0. The van der Waals surface area contributed by atoms with E-state index in [4.69, 9.17) is 5.73 Å². The van der Waals surface area contributed by atoms with Crippen LogP contribution in [0, 0.1) is 0 Å². The fourth-order valence-electron chi connectivity index (χ4n) is 1.44. The molecule has 0 rings (SSSR count). The minimum atomic E-state index is -0.731. The second-order valence-corrected chi connectivity index (χ2v) is 5.00. The van der Waals surface area contributed by atoms with Crippen LogP contribution in [-0.2, 0) is 4.79 Å². The van der Waals surface area contributed by atoms with Gasteiger partial charge in [0.25, 0.3) is 0 Å². The second-order valence-electron chi connectivity index (χ2n) is 5.00. The number of likely N-dealkylation sites (N-methyl/N-ethyl adjacent to an activating group) is 1. The van der Waals surface area contributed by atoms with Crippen LogP contribution < -0.4 is 11.1 Å². The highest BCUT2D eigenvalue weighted by Crippen LogP contribution is 2.07. The van der Waals surface area contributed by atoms with Crippen LogP contribution in [0.15, 0.2) is 0 Å². The highest BCUT2D eigenvalue weighted by atomic mass is 35.5. The highest BCUT2D eigenvalue weighted by Gasteiger charge is 2.26. The number of carbonyl (C=O) groups is 1. The van der Waals surface area contributed by atoms with Gasteiger partial charge in [-0.1, -0.05) is 13.3 Å². The summed E-state index contributed by atoms with van der Waals surface area (Å²) in [5.74, 6) is -0.0495. The molecule has 0 aliphatic carbocycles. The largest absolute Gasteiger partial charge is 0.353 e. The normalized spacial score (nSPS) is 14.4. The van der Waals surface area contributed by atoms with Crippen LogP contribution in [0.2, 0.25) is 0 Å². The maximum absolute atomic E-state index is 11.8. The molecule has 1 amide bonds. The summed E-state index contributed by atoms with van der Waals surface area (Å²) in [6.07, 6.45) is 1.64. The predicted octanol–water partition coefficient (Wildman–Crippen LogP) is 1.38. The van der Waals surface area contributed by atoms with Gasteiger partial charge in [0.05, 0.1) is 5.54 Å². The Balaban J connectivity index is 0. The second kappa shape index (κ2) is 8.72. The molecule has 17 heavy (non-hydrogen) atoms. The van der Waals surface area contributed by atoms with Gasteiger partial charge in [-0.15, -0.1) is 12.4 Å². The summed E-state index contributed by atoms with van der Waals surface area (Å²) >= 11 is 0. The molecule has 0 saturated heterocycles. The maximum Gasteiger partial charge on any atom is 0.239 e. The van der Waals surface area contributed by atoms with Crippen molar-refractivity contribution in [2.45, 2.75) is 52.1 Å². The number of amides is 1. The molecule has 0 heterocycles. The van der Waals surface area contributed by atoms with Crippen molar-refractivity contribution < 1.29 is 4.79 Å². The van der Waals surface area contributed by atoms with Crippen LogP contribution in [-0.4, -0.2) is 42.5 Å². The summed E-state index contributed by atoms with van der Waals surface area (Å²) in [6, 6.07) is 0.497. The molecular weight excluding hydrogens is 238 g/mol. The average Bonchev–Trinajstić information content (AvgIpc) is 2.16. The summed E-state index contributed by atoms with van der Waals surface area (Å²) in [4.78, 5) is 13.9. The molecule has 0 saturated carbocycles. The Morgan fingerprint density at radius 3 is 2.41 bits per heavy atom. The number of nitrogens with zero attached hydrogens (tertiary/aromatic N) is 1. The maximum atomic E-state index is 11.8. The number of hydrogen-bond acceptors (Lipinski definition) is 3. The summed E-state index contributed by atoms with van der Waals surface area (Å²) in [7, 11) is 2.05. The molecule has 0 fully saturated rings. The minimum absolute atomic E-state index is 0. The molecule has 104 valence electrons. The number of rotatable bonds is 7. The number of nitrogens with one attached hydrogen (secondary N) is 1. The first-order valence-electron chi connectivity index (χ1n) is 6.08. The van der Waals surface area contributed by atoms with Gasteiger partial charge < -0.3 is 16.0 Å². The molecule has 1 atom stereocenters. The molecule has 0 aromatic heterocycles. The molecule has 3 N–H and O–H groups in total. The third kappa shape index (κ3) is 7.58. The van der Waals surface area contributed by atoms with Gasteiger partial charge in [-0.25, -0.2) is 0 Å². The molecule has 0 radical (unpaired) electrons. The monoisotopic (exact) mass is 265 g/mol. The zero-order valence-corrected chi connectivity index (χ0v) is 12.6. The van der Waals surface area contributed by atoms with Crippen molar-refractivity contribution in [3.63, 3.8) is 0 Å². The minimum Gasteiger partial charge on any atom is -0.353 e. The van der Waals surface area contributed by atoms with Crippen LogP contribution in [0.25, 0.3) is 0 Å². The van der Waals surface area contributed by atoms with Crippen molar-refractivity contribution >= 4 is 18.3 Å². The van der Waals surface area contributed by atoms with E-state index in [1.165, 1.54) is 0 Å². The van der Waals surface area contributed by atoms with Crippen LogP contribution >= 0.6 is 12.4 Å². The quantitative estimate of drug-likeness (QED) is 0.731. The van der Waals surface area contributed by atoms with Gasteiger partial charge in [-0.05, 0) is 34.2 Å². The van der Waals surface area contributed by atoms with E-state index in [9.17, 15) is 4.79 Å². The van der Waals surface area contributed by atoms with Crippen molar-refractivity contribution in [2.24, 2.45) is 5.73 Å². The molecule has 0 bridgehead atoms. The average molecular weight is 266 g/mol. The zero-order valence-electron chi connectivity index (χ0n) is 11.7. The Labute approximate surface area is 112 Å². The van der Waals surface area contributed by atoms with Crippen LogP contribution in [0.3, 0.4) is 0 Å². The van der Waals surface area contributed by atoms with Gasteiger partial charge in [0.15, 0.2) is 0 Å². The van der Waals surface area contributed by atoms with Crippen molar-refractivity contribution in [1.82, 2.24) is 10.2 Å². The third-order valence-corrected chi connectivity index (χ3v) is 2.92. The molecule has 4 nitrogen and oxygen atoms in total. The van der Waals surface area contributed by atoms with Gasteiger partial charge in [-0.3, -0.25) is 4.79 Å². The first-order valence-corrected chi connectivity index (χ1v) is 6.08. The van der Waals surface area contributed by atoms with E-state index in [1.807, 2.05) is 14.0 Å². The van der Waals surface area contributed by atoms with Crippen molar-refractivity contribution in [1.29, 1.82) is 0 Å². The highest BCUT2D eigenvalue weighted by molar-refractivity contribution is 5.85. The van der Waals surface area contributed by atoms with Crippen molar-refractivity contribution in [2.75, 3.05) is 20.1 Å². The summed E-state index contributed by atoms with van der Waals surface area (Å²) in [5.41, 5.74) is 5.19. The Kier molecular flexibility index (Phi) is 9.77. The lowest BCUT2D eigenvalue weighted by atomic mass is 9.96. The van der Waals surface area contributed by atoms with Crippen molar-refractivity contribution in [3.8, 4) is 0 Å². The lowest BCUT2D eigenvalue weighted by Crippen LogP contribution is -2.52. The third-order valence-electron chi connectivity index (χ3n) is 2.92. The molecule has 0 aromatic rings. The molecular formula is C12H28ClN3O. The lowest BCUT2D eigenvalue weighted by Gasteiger charge is -2.25. The molecule has 5 heteroatoms. The smallest absolute Gasteiger partial charge is 0.239 e. The Morgan fingerprint density at radius 1 is 1.47 bits per heavy atom. The summed E-state index contributed by atoms with van der Waals surface area (Å²) in [6.45, 7) is 9.59. The van der Waals surface area contributed by atoms with E-state index in [0.29, 0.717) is 12.6 Å². The summed E-state index contributed by atoms with van der Waals surface area (Å²) < 4.78 is 0. The van der Waals surface area contributed by atoms with Gasteiger partial charge in [-0.2, -0.15) is 0 Å². The zero-order chi connectivity index (χ0) is 12.8. The van der Waals surface area contributed by atoms with E-state index in [2.05, 4.69) is 24.1 Å². The molecule has 1 unspecified atom stereocenters. The molecule has 0 aliphatic rings.